The van der Waals surface area contributed by atoms with Gasteiger partial charge in [-0.15, -0.1) is 0 Å². The molecule has 3 atom stereocenters. The van der Waals surface area contributed by atoms with Gasteiger partial charge in [0.05, 0.1) is 17.9 Å². The largest absolute Gasteiger partial charge is 0.463 e. The van der Waals surface area contributed by atoms with Gasteiger partial charge in [-0.1, -0.05) is 17.7 Å². The Morgan fingerprint density at radius 2 is 2.03 bits per heavy atom. The maximum absolute atomic E-state index is 13.1. The lowest BCUT2D eigenvalue weighted by Gasteiger charge is -2.20. The summed E-state index contributed by atoms with van der Waals surface area (Å²) in [4.78, 5) is 14.3. The summed E-state index contributed by atoms with van der Waals surface area (Å²) in [5.74, 6) is -1.95. The van der Waals surface area contributed by atoms with Crippen molar-refractivity contribution in [2.45, 2.75) is 18.6 Å². The predicted molar refractivity (Wildman–Crippen MR) is 98.8 cm³/mol. The predicted octanol–water partition coefficient (Wildman–Crippen LogP) is 4.81. The highest BCUT2D eigenvalue weighted by Gasteiger charge is 2.69. The van der Waals surface area contributed by atoms with Crippen molar-refractivity contribution < 1.29 is 22.4 Å². The van der Waals surface area contributed by atoms with Crippen molar-refractivity contribution in [3.8, 4) is 17.1 Å². The Morgan fingerprint density at radius 3 is 2.69 bits per heavy atom. The summed E-state index contributed by atoms with van der Waals surface area (Å²) in [5.41, 5.74) is 1.20. The van der Waals surface area contributed by atoms with E-state index in [2.05, 4.69) is 5.10 Å². The molecule has 2 aromatic heterocycles. The number of halogens is 4. The Kier molecular flexibility index (Phi) is 4.03. The van der Waals surface area contributed by atoms with E-state index < -0.39 is 30.0 Å². The molecule has 3 aromatic rings. The van der Waals surface area contributed by atoms with Crippen LogP contribution in [0, 0.1) is 11.8 Å². The summed E-state index contributed by atoms with van der Waals surface area (Å²) >= 11 is 6.08. The van der Waals surface area contributed by atoms with Crippen LogP contribution in [0.15, 0.2) is 53.1 Å². The highest BCUT2D eigenvalue weighted by molar-refractivity contribution is 6.30. The summed E-state index contributed by atoms with van der Waals surface area (Å²) in [6.45, 7) is 0.306. The van der Waals surface area contributed by atoms with Crippen LogP contribution in [-0.4, -0.2) is 39.4 Å². The second-order valence-corrected chi connectivity index (χ2v) is 7.73. The van der Waals surface area contributed by atoms with Gasteiger partial charge in [-0.25, -0.2) is 4.68 Å². The highest BCUT2D eigenvalue weighted by Crippen LogP contribution is 2.58. The molecule has 1 aliphatic heterocycles. The number of hydrogen-bond donors (Lipinski definition) is 0. The minimum absolute atomic E-state index is 0.0739. The Labute approximate surface area is 168 Å². The lowest BCUT2D eigenvalue weighted by molar-refractivity contribution is -0.156. The Balaban J connectivity index is 1.52. The van der Waals surface area contributed by atoms with Crippen molar-refractivity contribution >= 4 is 17.5 Å². The van der Waals surface area contributed by atoms with E-state index in [9.17, 15) is 18.0 Å². The number of furan rings is 1. The van der Waals surface area contributed by atoms with Crippen LogP contribution >= 0.6 is 11.6 Å². The molecule has 0 bridgehead atoms. The van der Waals surface area contributed by atoms with Crippen molar-refractivity contribution in [3.63, 3.8) is 0 Å². The van der Waals surface area contributed by atoms with Crippen LogP contribution in [0.25, 0.3) is 17.1 Å². The van der Waals surface area contributed by atoms with Gasteiger partial charge in [-0.05, 0) is 42.7 Å². The van der Waals surface area contributed by atoms with Crippen LogP contribution in [-0.2, 0) is 0 Å². The topological polar surface area (TPSA) is 51.3 Å². The first kappa shape index (κ1) is 18.3. The van der Waals surface area contributed by atoms with Gasteiger partial charge in [0.15, 0.2) is 11.5 Å². The number of fused-ring (bicyclic) bond motifs is 1. The molecule has 1 saturated heterocycles. The van der Waals surface area contributed by atoms with Gasteiger partial charge in [-0.2, -0.15) is 18.3 Å². The molecule has 0 N–H and O–H groups in total. The zero-order valence-corrected chi connectivity index (χ0v) is 15.7. The molecule has 5 rings (SSSR count). The van der Waals surface area contributed by atoms with Crippen molar-refractivity contribution in [3.05, 3.63) is 59.4 Å². The van der Waals surface area contributed by atoms with Gasteiger partial charge in [0, 0.05) is 23.7 Å². The summed E-state index contributed by atoms with van der Waals surface area (Å²) in [6.07, 6.45) is -2.43. The van der Waals surface area contributed by atoms with E-state index in [0.29, 0.717) is 35.1 Å². The summed E-state index contributed by atoms with van der Waals surface area (Å²) < 4.78 is 46.4. The second kappa shape index (κ2) is 6.38. The third-order valence-electron chi connectivity index (χ3n) is 5.58. The molecule has 0 radical (unpaired) electrons. The fourth-order valence-corrected chi connectivity index (χ4v) is 4.46. The molecular weight excluding hydrogens is 407 g/mol. The number of aromatic nitrogens is 2. The fourth-order valence-electron chi connectivity index (χ4n) is 4.28. The van der Waals surface area contributed by atoms with E-state index in [1.165, 1.54) is 15.8 Å². The summed E-state index contributed by atoms with van der Waals surface area (Å²) in [7, 11) is 0. The third-order valence-corrected chi connectivity index (χ3v) is 5.82. The first-order chi connectivity index (χ1) is 13.8. The van der Waals surface area contributed by atoms with Gasteiger partial charge >= 0.3 is 6.18 Å². The van der Waals surface area contributed by atoms with Crippen LogP contribution < -0.4 is 0 Å². The molecule has 150 valence electrons. The quantitative estimate of drug-likeness (QED) is 0.610. The third kappa shape index (κ3) is 3.02. The molecule has 9 heteroatoms. The van der Waals surface area contributed by atoms with Crippen LogP contribution in [0.5, 0.6) is 0 Å². The number of nitrogens with zero attached hydrogens (tertiary/aromatic N) is 3. The van der Waals surface area contributed by atoms with Crippen molar-refractivity contribution in [2.75, 3.05) is 6.54 Å². The van der Waals surface area contributed by atoms with E-state index in [4.69, 9.17) is 16.0 Å². The Morgan fingerprint density at radius 1 is 1.21 bits per heavy atom. The minimum atomic E-state index is -4.28. The molecule has 0 spiro atoms. The fraction of sp³-hybridized carbons (Fsp3) is 0.300. The molecule has 1 saturated carbocycles. The number of hydrogen-bond acceptors (Lipinski definition) is 3. The molecule has 3 heterocycles. The minimum Gasteiger partial charge on any atom is -0.463 e. The Bertz CT molecular complexity index is 1080. The van der Waals surface area contributed by atoms with Crippen LogP contribution in [0.3, 0.4) is 0 Å². The molecule has 5 nitrogen and oxygen atoms in total. The van der Waals surface area contributed by atoms with Gasteiger partial charge in [0.2, 0.25) is 0 Å². The number of amides is 1. The number of likely N-dealkylation sites (tertiary alicyclic amines) is 1. The molecule has 3 unspecified atom stereocenters. The van der Waals surface area contributed by atoms with Crippen molar-refractivity contribution in [2.24, 2.45) is 11.8 Å². The highest BCUT2D eigenvalue weighted by atomic mass is 35.5. The maximum atomic E-state index is 13.1. The Hall–Kier alpha value is -2.74. The van der Waals surface area contributed by atoms with Gasteiger partial charge in [-0.3, -0.25) is 4.79 Å². The van der Waals surface area contributed by atoms with E-state index in [0.717, 1.165) is 0 Å². The van der Waals surface area contributed by atoms with E-state index >= 15 is 0 Å². The number of carbonyl (C=O) groups is 1. The zero-order valence-electron chi connectivity index (χ0n) is 14.9. The summed E-state index contributed by atoms with van der Waals surface area (Å²) in [6, 6.07) is 11.1. The van der Waals surface area contributed by atoms with Gasteiger partial charge < -0.3 is 9.32 Å². The zero-order chi connectivity index (χ0) is 20.3. The molecule has 2 fully saturated rings. The maximum Gasteiger partial charge on any atom is 0.394 e. The number of rotatable bonds is 3. The lowest BCUT2D eigenvalue weighted by atomic mass is 10.2. The smallest absolute Gasteiger partial charge is 0.394 e. The van der Waals surface area contributed by atoms with Crippen LogP contribution in [0.4, 0.5) is 13.2 Å². The average Bonchev–Trinajstić information content (AvgIpc) is 3.12. The van der Waals surface area contributed by atoms with Crippen LogP contribution in [0.1, 0.15) is 16.9 Å². The van der Waals surface area contributed by atoms with E-state index in [1.807, 2.05) is 0 Å². The van der Waals surface area contributed by atoms with E-state index in [-0.39, 0.29) is 5.69 Å². The first-order valence-electron chi connectivity index (χ1n) is 9.12. The standard InChI is InChI=1S/C20H15ClF3N3O2/c21-11-3-1-4-12(9-11)27-15(16-5-2-8-29-16)10-14(25-27)19(28)26-7-6-13-17(18(13)26)20(22,23)24/h1-5,8-10,13,17-18H,6-7H2. The first-order valence-corrected chi connectivity index (χ1v) is 9.50. The molecule has 1 aliphatic carbocycles. The molecule has 1 amide bonds. The average molecular weight is 422 g/mol. The SMILES string of the molecule is O=C(c1cc(-c2ccco2)n(-c2cccc(Cl)c2)n1)N1CCC2C1C2C(F)(F)F. The second-order valence-electron chi connectivity index (χ2n) is 7.29. The van der Waals surface area contributed by atoms with E-state index in [1.54, 1.807) is 42.5 Å². The number of alkyl halides is 3. The summed E-state index contributed by atoms with van der Waals surface area (Å²) in [5, 5.41) is 4.88. The van der Waals surface area contributed by atoms with Crippen molar-refractivity contribution in [1.29, 1.82) is 0 Å². The molecule has 2 aliphatic rings. The van der Waals surface area contributed by atoms with Gasteiger partial charge in [0.25, 0.3) is 5.91 Å². The number of benzene rings is 1. The molecule has 29 heavy (non-hydrogen) atoms. The number of carbonyl (C=O) groups excluding carboxylic acids is 1. The van der Waals surface area contributed by atoms with Gasteiger partial charge in [0.1, 0.15) is 5.69 Å². The molecule has 1 aromatic carbocycles. The molecular formula is C20H15ClF3N3O2. The number of piperidine rings is 1. The lowest BCUT2D eigenvalue weighted by Crippen LogP contribution is -2.35. The van der Waals surface area contributed by atoms with Crippen LogP contribution in [0.2, 0.25) is 5.02 Å². The monoisotopic (exact) mass is 421 g/mol. The normalized spacial score (nSPS) is 23.3. The van der Waals surface area contributed by atoms with Crippen molar-refractivity contribution in [1.82, 2.24) is 14.7 Å².